The molecule has 0 unspecified atom stereocenters. The smallest absolute Gasteiger partial charge is 0.222 e. The van der Waals surface area contributed by atoms with Gasteiger partial charge in [-0.05, 0) is 43.0 Å². The molecular weight excluding hydrogens is 290 g/mol. The summed E-state index contributed by atoms with van der Waals surface area (Å²) in [5.74, 6) is 2.68. The van der Waals surface area contributed by atoms with Crippen LogP contribution in [0.1, 0.15) is 19.3 Å². The summed E-state index contributed by atoms with van der Waals surface area (Å²) < 4.78 is 1.94. The largest absolute Gasteiger partial charge is 0.352 e. The van der Waals surface area contributed by atoms with Gasteiger partial charge in [-0.25, -0.2) is 0 Å². The first-order valence-corrected chi connectivity index (χ1v) is 8.29. The standard InChI is InChI=1S/C17H21N5O/c23-17(13-14-3-4-14)22-11-9-21(10-12-22)16-6-5-15(18-19-16)20-7-1-2-8-20/h1-2,5-8,14H,3-4,9-13H2. The van der Waals surface area contributed by atoms with Crippen LogP contribution >= 0.6 is 0 Å². The van der Waals surface area contributed by atoms with Crippen molar-refractivity contribution in [1.29, 1.82) is 0 Å². The quantitative estimate of drug-likeness (QED) is 0.863. The molecule has 4 rings (SSSR count). The highest BCUT2D eigenvalue weighted by Gasteiger charge is 2.28. The minimum atomic E-state index is 0.321. The topological polar surface area (TPSA) is 54.3 Å². The fraction of sp³-hybridized carbons (Fsp3) is 0.471. The van der Waals surface area contributed by atoms with Gasteiger partial charge in [0.2, 0.25) is 5.91 Å². The average Bonchev–Trinajstić information content (AvgIpc) is 3.24. The van der Waals surface area contributed by atoms with Crippen LogP contribution in [-0.2, 0) is 4.79 Å². The third kappa shape index (κ3) is 3.21. The summed E-state index contributed by atoms with van der Waals surface area (Å²) in [4.78, 5) is 16.3. The van der Waals surface area contributed by atoms with Crippen molar-refractivity contribution < 1.29 is 4.79 Å². The zero-order valence-electron chi connectivity index (χ0n) is 13.1. The first-order chi connectivity index (χ1) is 11.3. The van der Waals surface area contributed by atoms with Crippen molar-refractivity contribution in [3.63, 3.8) is 0 Å². The van der Waals surface area contributed by atoms with Crippen molar-refractivity contribution in [2.75, 3.05) is 31.1 Å². The molecule has 23 heavy (non-hydrogen) atoms. The molecule has 1 saturated heterocycles. The van der Waals surface area contributed by atoms with E-state index in [4.69, 9.17) is 0 Å². The van der Waals surface area contributed by atoms with Crippen LogP contribution in [-0.4, -0.2) is 51.8 Å². The van der Waals surface area contributed by atoms with Crippen molar-refractivity contribution in [3.05, 3.63) is 36.7 Å². The number of hydrogen-bond donors (Lipinski definition) is 0. The van der Waals surface area contributed by atoms with Crippen molar-refractivity contribution >= 4 is 11.7 Å². The molecule has 2 aromatic rings. The van der Waals surface area contributed by atoms with Crippen LogP contribution in [0.4, 0.5) is 5.82 Å². The van der Waals surface area contributed by atoms with Crippen LogP contribution in [0.3, 0.4) is 0 Å². The van der Waals surface area contributed by atoms with Crippen molar-refractivity contribution in [3.8, 4) is 5.82 Å². The Morgan fingerprint density at radius 1 is 1.00 bits per heavy atom. The first-order valence-electron chi connectivity index (χ1n) is 8.29. The van der Waals surface area contributed by atoms with Gasteiger partial charge in [-0.2, -0.15) is 0 Å². The number of carbonyl (C=O) groups excluding carboxylic acids is 1. The molecule has 0 N–H and O–H groups in total. The number of amides is 1. The molecule has 2 aromatic heterocycles. The van der Waals surface area contributed by atoms with Crippen LogP contribution in [0, 0.1) is 5.92 Å². The van der Waals surface area contributed by atoms with E-state index in [0.717, 1.165) is 44.2 Å². The fourth-order valence-corrected chi connectivity index (χ4v) is 2.99. The van der Waals surface area contributed by atoms with E-state index in [1.807, 2.05) is 46.1 Å². The van der Waals surface area contributed by atoms with E-state index >= 15 is 0 Å². The van der Waals surface area contributed by atoms with Gasteiger partial charge in [0.25, 0.3) is 0 Å². The number of piperazine rings is 1. The number of hydrogen-bond acceptors (Lipinski definition) is 4. The van der Waals surface area contributed by atoms with E-state index in [2.05, 4.69) is 15.1 Å². The van der Waals surface area contributed by atoms with Gasteiger partial charge < -0.3 is 14.4 Å². The number of carbonyl (C=O) groups is 1. The normalized spacial score (nSPS) is 18.3. The van der Waals surface area contributed by atoms with Crippen molar-refractivity contribution in [2.45, 2.75) is 19.3 Å². The van der Waals surface area contributed by atoms with Crippen LogP contribution in [0.5, 0.6) is 0 Å². The predicted octanol–water partition coefficient (Wildman–Crippen LogP) is 1.72. The van der Waals surface area contributed by atoms with Gasteiger partial charge >= 0.3 is 0 Å². The minimum Gasteiger partial charge on any atom is -0.352 e. The second-order valence-electron chi connectivity index (χ2n) is 6.36. The summed E-state index contributed by atoms with van der Waals surface area (Å²) in [7, 11) is 0. The van der Waals surface area contributed by atoms with Gasteiger partial charge in [-0.15, -0.1) is 10.2 Å². The third-order valence-corrected chi connectivity index (χ3v) is 4.62. The Labute approximate surface area is 135 Å². The lowest BCUT2D eigenvalue weighted by Crippen LogP contribution is -2.49. The molecule has 6 nitrogen and oxygen atoms in total. The number of aromatic nitrogens is 3. The lowest BCUT2D eigenvalue weighted by atomic mass is 10.2. The Hall–Kier alpha value is -2.37. The molecule has 0 aromatic carbocycles. The molecule has 1 aliphatic carbocycles. The van der Waals surface area contributed by atoms with E-state index < -0.39 is 0 Å². The van der Waals surface area contributed by atoms with E-state index in [1.54, 1.807) is 0 Å². The monoisotopic (exact) mass is 311 g/mol. The number of anilines is 1. The van der Waals surface area contributed by atoms with Crippen LogP contribution in [0.2, 0.25) is 0 Å². The lowest BCUT2D eigenvalue weighted by molar-refractivity contribution is -0.131. The van der Waals surface area contributed by atoms with E-state index in [9.17, 15) is 4.79 Å². The van der Waals surface area contributed by atoms with Crippen molar-refractivity contribution in [1.82, 2.24) is 19.7 Å². The minimum absolute atomic E-state index is 0.321. The SMILES string of the molecule is O=C(CC1CC1)N1CCN(c2ccc(-n3cccc3)nn2)CC1. The highest BCUT2D eigenvalue weighted by atomic mass is 16.2. The maximum absolute atomic E-state index is 12.1. The fourth-order valence-electron chi connectivity index (χ4n) is 2.99. The summed E-state index contributed by atoms with van der Waals surface area (Å²) >= 11 is 0. The van der Waals surface area contributed by atoms with Crippen LogP contribution in [0.25, 0.3) is 5.82 Å². The summed E-state index contributed by atoms with van der Waals surface area (Å²) in [6, 6.07) is 7.91. The Bertz CT molecular complexity index is 655. The molecule has 0 radical (unpaired) electrons. The molecule has 120 valence electrons. The second kappa shape index (κ2) is 6.02. The maximum atomic E-state index is 12.1. The highest BCUT2D eigenvalue weighted by Crippen LogP contribution is 2.33. The number of rotatable bonds is 4. The molecule has 0 atom stereocenters. The van der Waals surface area contributed by atoms with Gasteiger partial charge in [-0.3, -0.25) is 4.79 Å². The molecule has 1 aliphatic heterocycles. The molecule has 2 fully saturated rings. The van der Waals surface area contributed by atoms with Gasteiger partial charge in [-0.1, -0.05) is 0 Å². The van der Waals surface area contributed by atoms with Crippen molar-refractivity contribution in [2.24, 2.45) is 5.92 Å². The summed E-state index contributed by atoms with van der Waals surface area (Å²) in [5.41, 5.74) is 0. The summed E-state index contributed by atoms with van der Waals surface area (Å²) in [6.07, 6.45) is 7.11. The zero-order valence-corrected chi connectivity index (χ0v) is 13.1. The van der Waals surface area contributed by atoms with Gasteiger partial charge in [0.15, 0.2) is 11.6 Å². The molecule has 6 heteroatoms. The molecule has 3 heterocycles. The predicted molar refractivity (Wildman–Crippen MR) is 87.5 cm³/mol. The summed E-state index contributed by atoms with van der Waals surface area (Å²) in [6.45, 7) is 3.22. The third-order valence-electron chi connectivity index (χ3n) is 4.62. The molecule has 1 saturated carbocycles. The molecular formula is C17H21N5O. The van der Waals surface area contributed by atoms with E-state index in [1.165, 1.54) is 12.8 Å². The van der Waals surface area contributed by atoms with Gasteiger partial charge in [0, 0.05) is 45.0 Å². The van der Waals surface area contributed by atoms with Crippen LogP contribution in [0.15, 0.2) is 36.7 Å². The van der Waals surface area contributed by atoms with Crippen LogP contribution < -0.4 is 4.90 Å². The summed E-state index contributed by atoms with van der Waals surface area (Å²) in [5, 5.41) is 8.63. The highest BCUT2D eigenvalue weighted by molar-refractivity contribution is 5.77. The second-order valence-corrected chi connectivity index (χ2v) is 6.36. The Balaban J connectivity index is 1.35. The zero-order chi connectivity index (χ0) is 15.6. The molecule has 0 spiro atoms. The lowest BCUT2D eigenvalue weighted by Gasteiger charge is -2.35. The number of nitrogens with zero attached hydrogens (tertiary/aromatic N) is 5. The van der Waals surface area contributed by atoms with E-state index in [0.29, 0.717) is 11.8 Å². The van der Waals surface area contributed by atoms with Gasteiger partial charge in [0.1, 0.15) is 0 Å². The average molecular weight is 311 g/mol. The molecule has 2 aliphatic rings. The Kier molecular flexibility index (Phi) is 3.73. The molecule has 1 amide bonds. The van der Waals surface area contributed by atoms with Gasteiger partial charge in [0.05, 0.1) is 0 Å². The molecule has 0 bridgehead atoms. The first kappa shape index (κ1) is 14.2. The Morgan fingerprint density at radius 2 is 1.65 bits per heavy atom. The van der Waals surface area contributed by atoms with E-state index in [-0.39, 0.29) is 0 Å². The Morgan fingerprint density at radius 3 is 2.26 bits per heavy atom. The maximum Gasteiger partial charge on any atom is 0.222 e.